The molecule has 1 heterocycles. The van der Waals surface area contributed by atoms with E-state index in [2.05, 4.69) is 20.2 Å². The smallest absolute Gasteiger partial charge is 0.237 e. The second-order valence-electron chi connectivity index (χ2n) is 3.90. The van der Waals surface area contributed by atoms with E-state index in [0.29, 0.717) is 23.0 Å². The monoisotopic (exact) mass is 296 g/mol. The number of benzene rings is 1. The molecule has 2 N–H and O–H groups in total. The predicted octanol–water partition coefficient (Wildman–Crippen LogP) is 2.66. The molecule has 0 spiro atoms. The van der Waals surface area contributed by atoms with E-state index in [1.54, 1.807) is 25.1 Å². The van der Waals surface area contributed by atoms with Gasteiger partial charge >= 0.3 is 0 Å². The molecule has 0 amide bonds. The van der Waals surface area contributed by atoms with Gasteiger partial charge in [0.2, 0.25) is 11.7 Å². The van der Waals surface area contributed by atoms with E-state index in [0.717, 1.165) is 10.6 Å². The highest BCUT2D eigenvalue weighted by Gasteiger charge is 2.10. The van der Waals surface area contributed by atoms with Crippen molar-refractivity contribution in [3.63, 3.8) is 0 Å². The fraction of sp³-hybridized carbons (Fsp3) is 0.250. The molecule has 6 nitrogen and oxygen atoms in total. The average Bonchev–Trinajstić information content (AvgIpc) is 2.94. The molecule has 0 saturated heterocycles. The van der Waals surface area contributed by atoms with Gasteiger partial charge in [0.25, 0.3) is 0 Å². The summed E-state index contributed by atoms with van der Waals surface area (Å²) >= 11 is 1.41. The summed E-state index contributed by atoms with van der Waals surface area (Å²) in [6.07, 6.45) is 0. The number of nitrogens with two attached hydrogens (primary N) is 1. The highest BCUT2D eigenvalue weighted by molar-refractivity contribution is 8.13. The van der Waals surface area contributed by atoms with Crippen LogP contribution in [0, 0.1) is 0 Å². The fourth-order valence-corrected chi connectivity index (χ4v) is 2.02. The first kappa shape index (κ1) is 14.5. The van der Waals surface area contributed by atoms with Crippen LogP contribution in [0.5, 0.6) is 0 Å². The van der Waals surface area contributed by atoms with Crippen LogP contribution in [0.15, 0.2) is 33.9 Å². The topological polar surface area (TPSA) is 86.5 Å². The van der Waals surface area contributed by atoms with Crippen LogP contribution in [0.1, 0.15) is 18.4 Å². The Bertz CT molecular complexity index is 603. The van der Waals surface area contributed by atoms with E-state index in [-0.39, 0.29) is 6.61 Å². The SMILES string of the molecule is C/C(=N\N)SCc1nc(-c2cccc(COF)c2)no1. The van der Waals surface area contributed by atoms with Crippen LogP contribution < -0.4 is 5.84 Å². The van der Waals surface area contributed by atoms with E-state index >= 15 is 0 Å². The summed E-state index contributed by atoms with van der Waals surface area (Å²) in [4.78, 5) is 7.87. The summed E-state index contributed by atoms with van der Waals surface area (Å²) in [6, 6.07) is 7.09. The average molecular weight is 296 g/mol. The molecule has 0 aliphatic rings. The highest BCUT2D eigenvalue weighted by atomic mass is 32.2. The van der Waals surface area contributed by atoms with Gasteiger partial charge < -0.3 is 10.4 Å². The molecule has 0 unspecified atom stereocenters. The van der Waals surface area contributed by atoms with Crippen LogP contribution in [0.3, 0.4) is 0 Å². The van der Waals surface area contributed by atoms with E-state index in [9.17, 15) is 4.53 Å². The number of hydrogen-bond acceptors (Lipinski definition) is 7. The molecule has 0 atom stereocenters. The van der Waals surface area contributed by atoms with Crippen molar-refractivity contribution in [3.05, 3.63) is 35.7 Å². The molecule has 20 heavy (non-hydrogen) atoms. The number of halogens is 1. The number of thioether (sulfide) groups is 1. The number of nitrogens with zero attached hydrogens (tertiary/aromatic N) is 3. The Balaban J connectivity index is 2.10. The first-order chi connectivity index (χ1) is 9.72. The van der Waals surface area contributed by atoms with Crippen LogP contribution in [0.25, 0.3) is 11.4 Å². The van der Waals surface area contributed by atoms with Gasteiger partial charge in [0.05, 0.1) is 10.8 Å². The zero-order chi connectivity index (χ0) is 14.4. The van der Waals surface area contributed by atoms with Crippen molar-refractivity contribution in [1.82, 2.24) is 10.1 Å². The number of hydrazone groups is 1. The van der Waals surface area contributed by atoms with Crippen molar-refractivity contribution in [2.75, 3.05) is 0 Å². The summed E-state index contributed by atoms with van der Waals surface area (Å²) in [5.74, 6) is 6.55. The van der Waals surface area contributed by atoms with E-state index in [1.165, 1.54) is 11.8 Å². The van der Waals surface area contributed by atoms with Gasteiger partial charge in [-0.15, -0.1) is 0 Å². The Morgan fingerprint density at radius 3 is 3.15 bits per heavy atom. The van der Waals surface area contributed by atoms with Gasteiger partial charge in [0.1, 0.15) is 6.61 Å². The largest absolute Gasteiger partial charge is 0.338 e. The standard InChI is InChI=1S/C12H13FN4O2S/c1-8(16-14)20-7-11-15-12(17-19-11)10-4-2-3-9(5-10)6-18-13/h2-5H,6-7,14H2,1H3/b16-8+. The Kier molecular flexibility index (Phi) is 5.08. The molecule has 1 aromatic heterocycles. The van der Waals surface area contributed by atoms with Crippen LogP contribution in [-0.4, -0.2) is 15.2 Å². The van der Waals surface area contributed by atoms with Gasteiger partial charge in [-0.05, 0) is 23.1 Å². The van der Waals surface area contributed by atoms with Crippen molar-refractivity contribution < 1.29 is 14.0 Å². The molecule has 106 valence electrons. The molecule has 0 fully saturated rings. The second kappa shape index (κ2) is 7.01. The van der Waals surface area contributed by atoms with Crippen molar-refractivity contribution in [1.29, 1.82) is 0 Å². The molecule has 0 saturated carbocycles. The third-order valence-electron chi connectivity index (χ3n) is 2.46. The van der Waals surface area contributed by atoms with Crippen molar-refractivity contribution in [2.45, 2.75) is 19.3 Å². The first-order valence-electron chi connectivity index (χ1n) is 5.75. The normalized spacial score (nSPS) is 11.8. The van der Waals surface area contributed by atoms with Gasteiger partial charge in [0.15, 0.2) is 0 Å². The van der Waals surface area contributed by atoms with Crippen LogP contribution >= 0.6 is 11.8 Å². The maximum absolute atomic E-state index is 11.9. The molecule has 8 heteroatoms. The Hall–Kier alpha value is -1.93. The van der Waals surface area contributed by atoms with Gasteiger partial charge in [-0.1, -0.05) is 35.1 Å². The molecule has 0 aliphatic heterocycles. The lowest BCUT2D eigenvalue weighted by Gasteiger charge is -1.98. The van der Waals surface area contributed by atoms with Crippen molar-refractivity contribution in [2.24, 2.45) is 10.9 Å². The number of hydrogen-bond donors (Lipinski definition) is 1. The molecular weight excluding hydrogens is 283 g/mol. The molecule has 0 bridgehead atoms. The maximum atomic E-state index is 11.9. The van der Waals surface area contributed by atoms with Gasteiger partial charge in [-0.25, -0.2) is 0 Å². The Morgan fingerprint density at radius 1 is 1.55 bits per heavy atom. The number of rotatable bonds is 5. The van der Waals surface area contributed by atoms with Crippen molar-refractivity contribution in [3.8, 4) is 11.4 Å². The molecule has 1 aromatic carbocycles. The number of aromatic nitrogens is 2. The molecule has 0 radical (unpaired) electrons. The molecule has 2 rings (SSSR count). The van der Waals surface area contributed by atoms with E-state index in [1.807, 2.05) is 6.07 Å². The van der Waals surface area contributed by atoms with Crippen LogP contribution in [-0.2, 0) is 17.3 Å². The van der Waals surface area contributed by atoms with E-state index < -0.39 is 0 Å². The summed E-state index contributed by atoms with van der Waals surface area (Å²) in [5, 5.41) is 8.16. The van der Waals surface area contributed by atoms with Gasteiger partial charge in [0, 0.05) is 5.56 Å². The fourth-order valence-electron chi connectivity index (χ4n) is 1.50. The summed E-state index contributed by atoms with van der Waals surface area (Å²) in [7, 11) is 0. The minimum absolute atomic E-state index is 0.111. The third kappa shape index (κ3) is 3.78. The highest BCUT2D eigenvalue weighted by Crippen LogP contribution is 2.20. The summed E-state index contributed by atoms with van der Waals surface area (Å²) < 4.78 is 17.0. The first-order valence-corrected chi connectivity index (χ1v) is 6.74. The van der Waals surface area contributed by atoms with Gasteiger partial charge in [-0.2, -0.15) is 15.0 Å². The Labute approximate surface area is 119 Å². The zero-order valence-corrected chi connectivity index (χ0v) is 11.6. The lowest BCUT2D eigenvalue weighted by atomic mass is 10.1. The molecule has 0 aliphatic carbocycles. The Morgan fingerprint density at radius 2 is 2.40 bits per heavy atom. The minimum Gasteiger partial charge on any atom is -0.338 e. The summed E-state index contributed by atoms with van der Waals surface area (Å²) in [6.45, 7) is 1.68. The third-order valence-corrected chi connectivity index (χ3v) is 3.38. The second-order valence-corrected chi connectivity index (χ2v) is 5.07. The quantitative estimate of drug-likeness (QED) is 0.395. The zero-order valence-electron chi connectivity index (χ0n) is 10.7. The maximum Gasteiger partial charge on any atom is 0.237 e. The van der Waals surface area contributed by atoms with Crippen LogP contribution in [0.4, 0.5) is 4.53 Å². The van der Waals surface area contributed by atoms with Gasteiger partial charge in [-0.3, -0.25) is 0 Å². The predicted molar refractivity (Wildman–Crippen MR) is 74.2 cm³/mol. The van der Waals surface area contributed by atoms with E-state index in [4.69, 9.17) is 10.4 Å². The van der Waals surface area contributed by atoms with Crippen LogP contribution in [0.2, 0.25) is 0 Å². The lowest BCUT2D eigenvalue weighted by molar-refractivity contribution is -0.144. The van der Waals surface area contributed by atoms with Crippen molar-refractivity contribution >= 4 is 16.8 Å². The lowest BCUT2D eigenvalue weighted by Crippen LogP contribution is -1.92. The summed E-state index contributed by atoms with van der Waals surface area (Å²) in [5.41, 5.74) is 1.43. The molecule has 2 aromatic rings. The minimum atomic E-state index is -0.111. The molecular formula is C12H13FN4O2S.